The van der Waals surface area contributed by atoms with Crippen LogP contribution < -0.4 is 0 Å². The van der Waals surface area contributed by atoms with Gasteiger partial charge in [0.05, 0.1) is 12.7 Å². The molecule has 1 unspecified atom stereocenters. The van der Waals surface area contributed by atoms with Gasteiger partial charge in [0, 0.05) is 12.2 Å². The average Bonchev–Trinajstić information content (AvgIpc) is 2.88. The summed E-state index contributed by atoms with van der Waals surface area (Å²) in [6, 6.07) is 0. The monoisotopic (exact) mass is 522 g/mol. The standard InChI is InChI=1S/C33H62O4/c1-4-6-8-10-12-13-14-15-16-17-18-19-20-21-22-24-26-30-36-32(34)28-29-33(35)37-31(3)27-25-23-11-9-7-5-2/h28-29,31H,4-27,30H2,1-3H3/b29-28+. The highest BCUT2D eigenvalue weighted by atomic mass is 16.5. The van der Waals surface area contributed by atoms with Crippen LogP contribution in [0.15, 0.2) is 12.2 Å². The molecule has 1 atom stereocenters. The van der Waals surface area contributed by atoms with E-state index < -0.39 is 11.9 Å². The first-order chi connectivity index (χ1) is 18.1. The summed E-state index contributed by atoms with van der Waals surface area (Å²) in [5.41, 5.74) is 0. The van der Waals surface area contributed by atoms with Crippen molar-refractivity contribution in [3.8, 4) is 0 Å². The van der Waals surface area contributed by atoms with Gasteiger partial charge in [0.15, 0.2) is 0 Å². The molecule has 0 saturated carbocycles. The number of hydrogen-bond donors (Lipinski definition) is 0. The van der Waals surface area contributed by atoms with Gasteiger partial charge in [-0.3, -0.25) is 0 Å². The van der Waals surface area contributed by atoms with E-state index in [2.05, 4.69) is 13.8 Å². The molecule has 0 saturated heterocycles. The fraction of sp³-hybridized carbons (Fsp3) is 0.879. The van der Waals surface area contributed by atoms with Crippen molar-refractivity contribution in [1.29, 1.82) is 0 Å². The van der Waals surface area contributed by atoms with Crippen LogP contribution in [0.2, 0.25) is 0 Å². The van der Waals surface area contributed by atoms with Crippen LogP contribution in [-0.4, -0.2) is 24.6 Å². The Kier molecular flexibility index (Phi) is 28.2. The summed E-state index contributed by atoms with van der Waals surface area (Å²) in [7, 11) is 0. The Balaban J connectivity index is 3.42. The summed E-state index contributed by atoms with van der Waals surface area (Å²) in [5.74, 6) is -0.926. The number of hydrogen-bond acceptors (Lipinski definition) is 4. The smallest absolute Gasteiger partial charge is 0.331 e. The van der Waals surface area contributed by atoms with E-state index in [1.807, 2.05) is 6.92 Å². The molecule has 0 heterocycles. The van der Waals surface area contributed by atoms with Crippen molar-refractivity contribution in [3.05, 3.63) is 12.2 Å². The highest BCUT2D eigenvalue weighted by Gasteiger charge is 2.07. The van der Waals surface area contributed by atoms with E-state index in [9.17, 15) is 9.59 Å². The minimum absolute atomic E-state index is 0.116. The minimum Gasteiger partial charge on any atom is -0.463 e. The molecular formula is C33H62O4. The van der Waals surface area contributed by atoms with Crippen molar-refractivity contribution in [2.45, 2.75) is 181 Å². The quantitative estimate of drug-likeness (QED) is 0.0582. The Morgan fingerprint density at radius 1 is 0.514 bits per heavy atom. The summed E-state index contributed by atoms with van der Waals surface area (Å²) in [4.78, 5) is 23.6. The second-order valence-electron chi connectivity index (χ2n) is 11.0. The first-order valence-electron chi connectivity index (χ1n) is 16.2. The number of carbonyl (C=O) groups excluding carboxylic acids is 2. The van der Waals surface area contributed by atoms with Crippen LogP contribution in [0.4, 0.5) is 0 Å². The van der Waals surface area contributed by atoms with Gasteiger partial charge in [-0.2, -0.15) is 0 Å². The molecule has 0 fully saturated rings. The van der Waals surface area contributed by atoms with Crippen LogP contribution in [0, 0.1) is 0 Å². The maximum atomic E-state index is 11.9. The lowest BCUT2D eigenvalue weighted by atomic mass is 10.0. The largest absolute Gasteiger partial charge is 0.463 e. The zero-order chi connectivity index (χ0) is 27.2. The number of ether oxygens (including phenoxy) is 2. The lowest BCUT2D eigenvalue weighted by Gasteiger charge is -2.11. The number of rotatable bonds is 28. The molecular weight excluding hydrogens is 460 g/mol. The highest BCUT2D eigenvalue weighted by Crippen LogP contribution is 2.14. The molecule has 0 radical (unpaired) electrons. The topological polar surface area (TPSA) is 52.6 Å². The van der Waals surface area contributed by atoms with Gasteiger partial charge < -0.3 is 9.47 Å². The molecule has 0 bridgehead atoms. The maximum absolute atomic E-state index is 11.9. The molecule has 37 heavy (non-hydrogen) atoms. The van der Waals surface area contributed by atoms with E-state index in [1.54, 1.807) is 0 Å². The van der Waals surface area contributed by atoms with Crippen LogP contribution in [-0.2, 0) is 19.1 Å². The van der Waals surface area contributed by atoms with Gasteiger partial charge in [-0.25, -0.2) is 9.59 Å². The molecule has 0 aliphatic rings. The lowest BCUT2D eigenvalue weighted by Crippen LogP contribution is -2.13. The molecule has 4 heteroatoms. The molecule has 0 N–H and O–H groups in total. The Labute approximate surface area is 230 Å². The molecule has 0 aliphatic carbocycles. The average molecular weight is 523 g/mol. The van der Waals surface area contributed by atoms with Crippen LogP contribution in [0.1, 0.15) is 175 Å². The third kappa shape index (κ3) is 29.1. The summed E-state index contributed by atoms with van der Waals surface area (Å²) < 4.78 is 10.5. The Morgan fingerprint density at radius 3 is 1.30 bits per heavy atom. The fourth-order valence-electron chi connectivity index (χ4n) is 4.69. The first kappa shape index (κ1) is 35.7. The summed E-state index contributed by atoms with van der Waals surface area (Å²) in [6.07, 6.45) is 33.1. The van der Waals surface area contributed by atoms with Crippen molar-refractivity contribution in [1.82, 2.24) is 0 Å². The number of carbonyl (C=O) groups is 2. The van der Waals surface area contributed by atoms with Crippen LogP contribution in [0.25, 0.3) is 0 Å². The molecule has 0 aromatic carbocycles. The second-order valence-corrected chi connectivity index (χ2v) is 11.0. The molecule has 0 aromatic heterocycles. The van der Waals surface area contributed by atoms with Gasteiger partial charge >= 0.3 is 11.9 Å². The summed E-state index contributed by atoms with van der Waals surface area (Å²) >= 11 is 0. The molecule has 0 spiro atoms. The first-order valence-corrected chi connectivity index (χ1v) is 16.2. The van der Waals surface area contributed by atoms with Crippen molar-refractivity contribution < 1.29 is 19.1 Å². The Hall–Kier alpha value is -1.32. The predicted molar refractivity (Wildman–Crippen MR) is 158 cm³/mol. The van der Waals surface area contributed by atoms with Crippen molar-refractivity contribution in [3.63, 3.8) is 0 Å². The zero-order valence-electron chi connectivity index (χ0n) is 25.0. The molecule has 0 rings (SSSR count). The van der Waals surface area contributed by atoms with Crippen molar-refractivity contribution in [2.24, 2.45) is 0 Å². The van der Waals surface area contributed by atoms with Gasteiger partial charge in [-0.15, -0.1) is 0 Å². The normalized spacial score (nSPS) is 12.2. The minimum atomic E-state index is -0.465. The molecule has 0 aliphatic heterocycles. The third-order valence-corrected chi connectivity index (χ3v) is 7.13. The number of esters is 2. The van der Waals surface area contributed by atoms with Crippen LogP contribution >= 0.6 is 0 Å². The van der Waals surface area contributed by atoms with E-state index in [1.165, 1.54) is 141 Å². The van der Waals surface area contributed by atoms with Gasteiger partial charge in [0.1, 0.15) is 0 Å². The second kappa shape index (κ2) is 29.2. The van der Waals surface area contributed by atoms with Gasteiger partial charge in [0.25, 0.3) is 0 Å². The van der Waals surface area contributed by atoms with Crippen LogP contribution in [0.5, 0.6) is 0 Å². The van der Waals surface area contributed by atoms with Gasteiger partial charge in [0.2, 0.25) is 0 Å². The third-order valence-electron chi connectivity index (χ3n) is 7.13. The molecule has 0 aromatic rings. The van der Waals surface area contributed by atoms with E-state index in [4.69, 9.17) is 9.47 Å². The lowest BCUT2D eigenvalue weighted by molar-refractivity contribution is -0.143. The summed E-state index contributed by atoms with van der Waals surface area (Å²) in [6.45, 7) is 6.83. The van der Waals surface area contributed by atoms with Gasteiger partial charge in [-0.1, -0.05) is 149 Å². The molecule has 0 amide bonds. The van der Waals surface area contributed by atoms with Gasteiger partial charge in [-0.05, 0) is 26.2 Å². The van der Waals surface area contributed by atoms with Crippen LogP contribution in [0.3, 0.4) is 0 Å². The molecule has 218 valence electrons. The fourth-order valence-corrected chi connectivity index (χ4v) is 4.69. The highest BCUT2D eigenvalue weighted by molar-refractivity contribution is 5.91. The predicted octanol–water partition coefficient (Wildman–Crippen LogP) is 10.4. The molecule has 4 nitrogen and oxygen atoms in total. The Bertz CT molecular complexity index is 528. The van der Waals surface area contributed by atoms with E-state index >= 15 is 0 Å². The Morgan fingerprint density at radius 2 is 0.865 bits per heavy atom. The number of unbranched alkanes of at least 4 members (excludes halogenated alkanes) is 21. The summed E-state index contributed by atoms with van der Waals surface area (Å²) in [5, 5.41) is 0. The SMILES string of the molecule is CCCCCCCCCCCCCCCCCCCOC(=O)/C=C/C(=O)OC(C)CCCCCCCC. The van der Waals surface area contributed by atoms with E-state index in [0.717, 1.165) is 25.7 Å². The van der Waals surface area contributed by atoms with E-state index in [0.29, 0.717) is 6.61 Å². The zero-order valence-corrected chi connectivity index (χ0v) is 25.0. The maximum Gasteiger partial charge on any atom is 0.331 e. The van der Waals surface area contributed by atoms with Crippen molar-refractivity contribution in [2.75, 3.05) is 6.61 Å². The van der Waals surface area contributed by atoms with Crippen molar-refractivity contribution >= 4 is 11.9 Å². The van der Waals surface area contributed by atoms with E-state index in [-0.39, 0.29) is 6.10 Å².